The van der Waals surface area contributed by atoms with Gasteiger partial charge in [-0.15, -0.1) is 0 Å². The number of rotatable bonds is 13. The zero-order chi connectivity index (χ0) is 37.5. The molecule has 0 bridgehead atoms. The van der Waals surface area contributed by atoms with Crippen molar-refractivity contribution in [3.05, 3.63) is 5.92 Å². The molecule has 0 rings (SSSR count). The van der Waals surface area contributed by atoms with Crippen LogP contribution < -0.4 is 0 Å². The van der Waals surface area contributed by atoms with Crippen molar-refractivity contribution in [2.75, 3.05) is 0 Å². The van der Waals surface area contributed by atoms with Crippen LogP contribution in [0.3, 0.4) is 0 Å². The lowest BCUT2D eigenvalue weighted by Crippen LogP contribution is -2.73. The van der Waals surface area contributed by atoms with E-state index in [1.165, 1.54) is 0 Å². The average molecular weight is 743 g/mol. The smallest absolute Gasteiger partial charge is 0.200 e. The van der Waals surface area contributed by atoms with Gasteiger partial charge in [0.05, 0.1) is 5.92 Å². The molecule has 0 fully saturated rings. The Morgan fingerprint density at radius 2 is 0.533 bits per heavy atom. The minimum atomic E-state index is -9.04. The highest BCUT2D eigenvalue weighted by Gasteiger charge is 2.94. The minimum Gasteiger partial charge on any atom is -0.200 e. The highest BCUT2D eigenvalue weighted by Crippen LogP contribution is 2.66. The first-order chi connectivity index (χ1) is 18.9. The van der Waals surface area contributed by atoms with Gasteiger partial charge in [0, 0.05) is 6.42 Å². The van der Waals surface area contributed by atoms with Gasteiger partial charge in [-0.05, 0) is 6.42 Å². The van der Waals surface area contributed by atoms with E-state index in [4.69, 9.17) is 0 Å². The molecule has 0 atom stereocenters. The van der Waals surface area contributed by atoms with E-state index in [0.29, 0.717) is 0 Å². The second-order valence-corrected chi connectivity index (χ2v) is 8.58. The highest BCUT2D eigenvalue weighted by atomic mass is 19.4. The summed E-state index contributed by atoms with van der Waals surface area (Å²) in [6.07, 6.45) is -23.4. The molecular weight excluding hydrogens is 736 g/mol. The van der Waals surface area contributed by atoms with Gasteiger partial charge in [0.1, 0.15) is 0 Å². The minimum absolute atomic E-state index is 0.404. The van der Waals surface area contributed by atoms with E-state index in [1.807, 2.05) is 0 Å². The SMILES string of the molecule is CC[C](CC(F)(F)C(F)(F)C(F)(F)C(F)(F)C(F)(F)C(F)(F)C(F)(F)F)C(F)(F)C(F)(F)C(F)(F)C(F)(F)C(F)(F)C(F)(F)F. The maximum Gasteiger partial charge on any atom is 0.460 e. The van der Waals surface area contributed by atoms with E-state index in [9.17, 15) is 123 Å². The van der Waals surface area contributed by atoms with Crippen molar-refractivity contribution in [1.29, 1.82) is 0 Å². The van der Waals surface area contributed by atoms with Crippen LogP contribution in [-0.4, -0.2) is 77.5 Å². The van der Waals surface area contributed by atoms with Crippen molar-refractivity contribution in [3.8, 4) is 0 Å². The van der Waals surface area contributed by atoms with E-state index in [2.05, 4.69) is 0 Å². The largest absolute Gasteiger partial charge is 0.460 e. The monoisotopic (exact) mass is 743 g/mol. The summed E-state index contributed by atoms with van der Waals surface area (Å²) in [4.78, 5) is 0. The van der Waals surface area contributed by atoms with Crippen LogP contribution in [-0.2, 0) is 0 Å². The fraction of sp³-hybridized carbons (Fsp3) is 0.941. The van der Waals surface area contributed by atoms with Gasteiger partial charge in [0.25, 0.3) is 0 Å². The summed E-state index contributed by atoms with van der Waals surface area (Å²) in [5.41, 5.74) is 0. The summed E-state index contributed by atoms with van der Waals surface area (Å²) < 4.78 is 369. The van der Waals surface area contributed by atoms with Gasteiger partial charge in [0.15, 0.2) is 0 Å². The molecule has 0 nitrogen and oxygen atoms in total. The maximum absolute atomic E-state index is 14.1. The molecule has 0 aromatic rings. The predicted octanol–water partition coefficient (Wildman–Crippen LogP) is 10.5. The third kappa shape index (κ3) is 5.57. The van der Waals surface area contributed by atoms with Gasteiger partial charge in [0.2, 0.25) is 0 Å². The molecule has 0 aromatic carbocycles. The van der Waals surface area contributed by atoms with E-state index >= 15 is 0 Å². The first kappa shape index (κ1) is 43.0. The summed E-state index contributed by atoms with van der Waals surface area (Å²) in [7, 11) is 0. The second kappa shape index (κ2) is 10.8. The Bertz CT molecular complexity index is 1040. The summed E-state index contributed by atoms with van der Waals surface area (Å²) in [5.74, 6) is -98.5. The van der Waals surface area contributed by atoms with Gasteiger partial charge >= 0.3 is 77.5 Å². The predicted molar refractivity (Wildman–Crippen MR) is 84.7 cm³/mol. The second-order valence-electron chi connectivity index (χ2n) is 8.58. The summed E-state index contributed by atoms with van der Waals surface area (Å²) in [6.45, 7) is -0.404. The van der Waals surface area contributed by atoms with Gasteiger partial charge in [-0.1, -0.05) is 6.92 Å². The molecule has 0 amide bonds. The fourth-order valence-corrected chi connectivity index (χ4v) is 2.83. The molecule has 0 aliphatic carbocycles. The van der Waals surface area contributed by atoms with Crippen molar-refractivity contribution < 1.29 is 123 Å². The van der Waals surface area contributed by atoms with Crippen LogP contribution in [0.1, 0.15) is 19.8 Å². The molecule has 28 heteroatoms. The Morgan fingerprint density at radius 3 is 0.778 bits per heavy atom. The molecule has 0 aromatic heterocycles. The van der Waals surface area contributed by atoms with Crippen LogP contribution in [0, 0.1) is 5.92 Å². The topological polar surface area (TPSA) is 0 Å². The molecule has 45 heavy (non-hydrogen) atoms. The normalized spacial score (nSPS) is 16.9. The van der Waals surface area contributed by atoms with Crippen LogP contribution >= 0.6 is 0 Å². The number of alkyl halides is 28. The Balaban J connectivity index is 7.10. The number of halogens is 28. The highest BCUT2D eigenvalue weighted by molar-refractivity contribution is 5.21. The molecule has 0 N–H and O–H groups in total. The van der Waals surface area contributed by atoms with Crippen molar-refractivity contribution >= 4 is 0 Å². The van der Waals surface area contributed by atoms with Gasteiger partial charge in [-0.2, -0.15) is 123 Å². The average Bonchev–Trinajstić information content (AvgIpc) is 2.79. The molecule has 1 radical (unpaired) electrons. The lowest BCUT2D eigenvalue weighted by atomic mass is 9.80. The molecule has 0 spiro atoms. The zero-order valence-corrected chi connectivity index (χ0v) is 20.0. The Kier molecular flexibility index (Phi) is 10.3. The molecule has 0 saturated heterocycles. The van der Waals surface area contributed by atoms with Crippen LogP contribution in [0.15, 0.2) is 0 Å². The fourth-order valence-electron chi connectivity index (χ4n) is 2.83. The summed E-state index contributed by atoms with van der Waals surface area (Å²) >= 11 is 0. The van der Waals surface area contributed by atoms with Gasteiger partial charge in [-0.3, -0.25) is 0 Å². The molecule has 0 heterocycles. The van der Waals surface area contributed by atoms with Gasteiger partial charge < -0.3 is 0 Å². The molecule has 0 aliphatic rings. The first-order valence-electron chi connectivity index (χ1n) is 10.1. The zero-order valence-electron chi connectivity index (χ0n) is 20.0. The Morgan fingerprint density at radius 1 is 0.311 bits per heavy atom. The molecule has 0 aliphatic heterocycles. The third-order valence-corrected chi connectivity index (χ3v) is 5.63. The van der Waals surface area contributed by atoms with E-state index in [-0.39, 0.29) is 0 Å². The lowest BCUT2D eigenvalue weighted by Gasteiger charge is -2.44. The van der Waals surface area contributed by atoms with Crippen molar-refractivity contribution in [1.82, 2.24) is 0 Å². The van der Waals surface area contributed by atoms with Crippen LogP contribution in [0.4, 0.5) is 123 Å². The van der Waals surface area contributed by atoms with Gasteiger partial charge in [-0.25, -0.2) is 0 Å². The van der Waals surface area contributed by atoms with Crippen molar-refractivity contribution in [3.63, 3.8) is 0 Å². The van der Waals surface area contributed by atoms with Crippen molar-refractivity contribution in [2.45, 2.75) is 97.3 Å². The van der Waals surface area contributed by atoms with Crippen molar-refractivity contribution in [2.24, 2.45) is 0 Å². The van der Waals surface area contributed by atoms with E-state index in [1.54, 1.807) is 0 Å². The molecule has 0 saturated carbocycles. The molecular formula is C17H7F28. The van der Waals surface area contributed by atoms with E-state index < -0.39 is 103 Å². The third-order valence-electron chi connectivity index (χ3n) is 5.63. The summed E-state index contributed by atoms with van der Waals surface area (Å²) in [5, 5.41) is 0. The standard InChI is InChI=1S/C17H7F28/c1-2-4(6(20,21)8(24,25)10(28,29)12(32,33)14(36,37)16(40,41)42)3-5(18,19)7(22,23)9(26,27)11(30,31)13(34,35)15(38,39)17(43,44)45/h2-3H2,1H3. The lowest BCUT2D eigenvalue weighted by molar-refractivity contribution is -0.453. The summed E-state index contributed by atoms with van der Waals surface area (Å²) in [6, 6.07) is 0. The first-order valence-corrected chi connectivity index (χ1v) is 10.1. The van der Waals surface area contributed by atoms with Crippen LogP contribution in [0.25, 0.3) is 0 Å². The Hall–Kier alpha value is -1.96. The molecule has 0 unspecified atom stereocenters. The number of hydrogen-bond donors (Lipinski definition) is 0. The van der Waals surface area contributed by atoms with E-state index in [0.717, 1.165) is 0 Å². The Labute approximate surface area is 227 Å². The maximum atomic E-state index is 14.1. The van der Waals surface area contributed by atoms with Crippen LogP contribution in [0.2, 0.25) is 0 Å². The number of hydrogen-bond acceptors (Lipinski definition) is 0. The van der Waals surface area contributed by atoms with Crippen LogP contribution in [0.5, 0.6) is 0 Å². The molecule has 271 valence electrons. The quantitative estimate of drug-likeness (QED) is 0.165.